The van der Waals surface area contributed by atoms with Crippen LogP contribution >= 0.6 is 0 Å². The third-order valence-corrected chi connectivity index (χ3v) is 5.28. The minimum Gasteiger partial charge on any atom is -0.381 e. The van der Waals surface area contributed by atoms with Crippen LogP contribution < -0.4 is 5.32 Å². The van der Waals surface area contributed by atoms with Crippen LogP contribution in [0.1, 0.15) is 32.6 Å². The number of hydrogen-bond donors (Lipinski definition) is 1. The first-order chi connectivity index (χ1) is 9.57. The van der Waals surface area contributed by atoms with Gasteiger partial charge in [-0.3, -0.25) is 0 Å². The largest absolute Gasteiger partial charge is 0.381 e. The number of likely N-dealkylation sites (N-methyl/N-ethyl adjacent to an activating group) is 2. The highest BCUT2D eigenvalue weighted by Crippen LogP contribution is 2.36. The third kappa shape index (κ3) is 3.73. The highest BCUT2D eigenvalue weighted by molar-refractivity contribution is 4.98. The Morgan fingerprint density at radius 3 is 2.55 bits per heavy atom. The second kappa shape index (κ2) is 7.21. The number of hydrogen-bond acceptors (Lipinski definition) is 4. The van der Waals surface area contributed by atoms with Crippen molar-refractivity contribution in [1.29, 1.82) is 0 Å². The van der Waals surface area contributed by atoms with Crippen LogP contribution in [-0.2, 0) is 4.74 Å². The second-order valence-electron chi connectivity index (χ2n) is 6.96. The highest BCUT2D eigenvalue weighted by Gasteiger charge is 2.40. The SMILES string of the molecule is CCNC1CCOCC1CN(C)CC1(N(C)C)CCC1. The second-order valence-corrected chi connectivity index (χ2v) is 6.96. The summed E-state index contributed by atoms with van der Waals surface area (Å²) in [5, 5.41) is 3.64. The highest BCUT2D eigenvalue weighted by atomic mass is 16.5. The molecule has 2 unspecified atom stereocenters. The van der Waals surface area contributed by atoms with Gasteiger partial charge in [-0.15, -0.1) is 0 Å². The van der Waals surface area contributed by atoms with Crippen molar-refractivity contribution in [2.45, 2.75) is 44.2 Å². The molecular formula is C16H33N3O. The molecule has 0 radical (unpaired) electrons. The fraction of sp³-hybridized carbons (Fsp3) is 1.00. The summed E-state index contributed by atoms with van der Waals surface area (Å²) in [6, 6.07) is 0.632. The Morgan fingerprint density at radius 1 is 1.25 bits per heavy atom. The van der Waals surface area contributed by atoms with Crippen molar-refractivity contribution in [1.82, 2.24) is 15.1 Å². The van der Waals surface area contributed by atoms with Gasteiger partial charge in [-0.05, 0) is 53.4 Å². The average molecular weight is 283 g/mol. The lowest BCUT2D eigenvalue weighted by Gasteiger charge is -2.50. The van der Waals surface area contributed by atoms with Gasteiger partial charge in [-0.25, -0.2) is 0 Å². The number of nitrogens with zero attached hydrogens (tertiary/aromatic N) is 2. The normalized spacial score (nSPS) is 29.7. The van der Waals surface area contributed by atoms with Gasteiger partial charge in [-0.2, -0.15) is 0 Å². The molecule has 2 atom stereocenters. The van der Waals surface area contributed by atoms with Crippen molar-refractivity contribution in [2.75, 3.05) is 54.0 Å². The van der Waals surface area contributed by atoms with E-state index < -0.39 is 0 Å². The van der Waals surface area contributed by atoms with Crippen molar-refractivity contribution in [3.63, 3.8) is 0 Å². The molecule has 2 rings (SSSR count). The molecule has 1 aliphatic heterocycles. The molecule has 0 aromatic rings. The van der Waals surface area contributed by atoms with E-state index in [1.165, 1.54) is 25.8 Å². The molecule has 4 nitrogen and oxygen atoms in total. The standard InChI is InChI=1S/C16H33N3O/c1-5-17-15-7-10-20-12-14(15)11-19(4)13-16(18(2)3)8-6-9-16/h14-15,17H,5-13H2,1-4H3. The maximum atomic E-state index is 5.70. The fourth-order valence-corrected chi connectivity index (χ4v) is 3.81. The zero-order valence-corrected chi connectivity index (χ0v) is 13.8. The van der Waals surface area contributed by atoms with Gasteiger partial charge in [0.25, 0.3) is 0 Å². The quantitative estimate of drug-likeness (QED) is 0.765. The Bertz CT molecular complexity index is 289. The predicted octanol–water partition coefficient (Wildman–Crippen LogP) is 1.42. The lowest BCUT2D eigenvalue weighted by molar-refractivity contribution is -0.00490. The van der Waals surface area contributed by atoms with E-state index in [2.05, 4.69) is 43.2 Å². The Balaban J connectivity index is 1.84. The number of nitrogens with one attached hydrogen (secondary N) is 1. The van der Waals surface area contributed by atoms with Gasteiger partial charge >= 0.3 is 0 Å². The van der Waals surface area contributed by atoms with E-state index in [4.69, 9.17) is 4.74 Å². The van der Waals surface area contributed by atoms with E-state index in [0.717, 1.165) is 32.7 Å². The summed E-state index contributed by atoms with van der Waals surface area (Å²) in [6.45, 7) is 7.43. The minimum absolute atomic E-state index is 0.429. The van der Waals surface area contributed by atoms with E-state index >= 15 is 0 Å². The van der Waals surface area contributed by atoms with Crippen molar-refractivity contribution in [2.24, 2.45) is 5.92 Å². The van der Waals surface area contributed by atoms with Crippen molar-refractivity contribution < 1.29 is 4.74 Å². The molecule has 2 fully saturated rings. The Hall–Kier alpha value is -0.160. The zero-order chi connectivity index (χ0) is 14.6. The summed E-state index contributed by atoms with van der Waals surface area (Å²) in [6.07, 6.45) is 5.24. The van der Waals surface area contributed by atoms with Crippen LogP contribution in [-0.4, -0.2) is 75.4 Å². The average Bonchev–Trinajstić information content (AvgIpc) is 2.36. The van der Waals surface area contributed by atoms with Gasteiger partial charge in [0.1, 0.15) is 0 Å². The minimum atomic E-state index is 0.429. The fourth-order valence-electron chi connectivity index (χ4n) is 3.81. The predicted molar refractivity (Wildman–Crippen MR) is 84.2 cm³/mol. The first-order valence-corrected chi connectivity index (χ1v) is 8.24. The van der Waals surface area contributed by atoms with Crippen LogP contribution in [0.15, 0.2) is 0 Å². The summed E-state index contributed by atoms with van der Waals surface area (Å²) >= 11 is 0. The molecule has 0 aromatic heterocycles. The molecule has 0 bridgehead atoms. The van der Waals surface area contributed by atoms with Crippen LogP contribution in [0.2, 0.25) is 0 Å². The lowest BCUT2D eigenvalue weighted by Crippen LogP contribution is -2.58. The summed E-state index contributed by atoms with van der Waals surface area (Å²) < 4.78 is 5.70. The topological polar surface area (TPSA) is 27.7 Å². The summed E-state index contributed by atoms with van der Waals surface area (Å²) in [4.78, 5) is 4.97. The smallest absolute Gasteiger partial charge is 0.0521 e. The van der Waals surface area contributed by atoms with E-state index in [1.807, 2.05) is 0 Å². The molecule has 0 spiro atoms. The molecule has 20 heavy (non-hydrogen) atoms. The van der Waals surface area contributed by atoms with Crippen molar-refractivity contribution in [3.8, 4) is 0 Å². The lowest BCUT2D eigenvalue weighted by atomic mass is 9.75. The van der Waals surface area contributed by atoms with Crippen LogP contribution in [0.5, 0.6) is 0 Å². The van der Waals surface area contributed by atoms with E-state index in [1.54, 1.807) is 0 Å². The molecule has 1 N–H and O–H groups in total. The van der Waals surface area contributed by atoms with Gasteiger partial charge in [-0.1, -0.05) is 6.92 Å². The van der Waals surface area contributed by atoms with E-state index in [9.17, 15) is 0 Å². The molecule has 1 saturated carbocycles. The van der Waals surface area contributed by atoms with Crippen molar-refractivity contribution in [3.05, 3.63) is 0 Å². The summed E-state index contributed by atoms with van der Waals surface area (Å²) in [5.41, 5.74) is 0.429. The third-order valence-electron chi connectivity index (χ3n) is 5.28. The van der Waals surface area contributed by atoms with Gasteiger partial charge in [0.15, 0.2) is 0 Å². The number of rotatable bonds is 7. The molecule has 0 aromatic carbocycles. The van der Waals surface area contributed by atoms with Crippen LogP contribution in [0.3, 0.4) is 0 Å². The first-order valence-electron chi connectivity index (χ1n) is 8.24. The van der Waals surface area contributed by atoms with Crippen LogP contribution in [0.25, 0.3) is 0 Å². The maximum Gasteiger partial charge on any atom is 0.0521 e. The molecular weight excluding hydrogens is 250 g/mol. The van der Waals surface area contributed by atoms with Crippen LogP contribution in [0, 0.1) is 5.92 Å². The molecule has 2 aliphatic rings. The molecule has 4 heteroatoms. The molecule has 1 heterocycles. The van der Waals surface area contributed by atoms with E-state index in [0.29, 0.717) is 17.5 Å². The van der Waals surface area contributed by atoms with Gasteiger partial charge in [0.2, 0.25) is 0 Å². The van der Waals surface area contributed by atoms with Gasteiger partial charge in [0, 0.05) is 37.2 Å². The maximum absolute atomic E-state index is 5.70. The Labute approximate surface area is 124 Å². The molecule has 1 saturated heterocycles. The Kier molecular flexibility index (Phi) is 5.84. The van der Waals surface area contributed by atoms with Crippen molar-refractivity contribution >= 4 is 0 Å². The van der Waals surface area contributed by atoms with E-state index in [-0.39, 0.29) is 0 Å². The van der Waals surface area contributed by atoms with Gasteiger partial charge in [0.05, 0.1) is 6.61 Å². The Morgan fingerprint density at radius 2 is 2.00 bits per heavy atom. The number of ether oxygens (including phenoxy) is 1. The zero-order valence-electron chi connectivity index (χ0n) is 13.8. The molecule has 1 aliphatic carbocycles. The summed E-state index contributed by atoms with van der Waals surface area (Å²) in [7, 11) is 6.75. The molecule has 0 amide bonds. The summed E-state index contributed by atoms with van der Waals surface area (Å²) in [5.74, 6) is 0.632. The monoisotopic (exact) mass is 283 g/mol. The molecule has 118 valence electrons. The van der Waals surface area contributed by atoms with Gasteiger partial charge < -0.3 is 19.9 Å². The van der Waals surface area contributed by atoms with Crippen LogP contribution in [0.4, 0.5) is 0 Å². The first kappa shape index (κ1) is 16.2.